The van der Waals surface area contributed by atoms with Crippen LogP contribution in [0.5, 0.6) is 0 Å². The van der Waals surface area contributed by atoms with Gasteiger partial charge in [-0.25, -0.2) is 0 Å². The third kappa shape index (κ3) is 8.56. The van der Waals surface area contributed by atoms with E-state index in [1.165, 1.54) is 0 Å². The Balaban J connectivity index is 3.21. The molecular weight excluding hydrogens is 188 g/mol. The molecule has 0 heterocycles. The van der Waals surface area contributed by atoms with E-state index in [0.29, 0.717) is 24.9 Å². The maximum atomic E-state index is 9.36. The van der Waals surface area contributed by atoms with Crippen LogP contribution >= 0.6 is 11.8 Å². The summed E-state index contributed by atoms with van der Waals surface area (Å²) in [7, 11) is 0. The van der Waals surface area contributed by atoms with E-state index < -0.39 is 0 Å². The predicted octanol–water partition coefficient (Wildman–Crippen LogP) is 0.745. The first-order chi connectivity index (χ1) is 6.20. The summed E-state index contributed by atoms with van der Waals surface area (Å²) in [6, 6.07) is 0. The Labute approximate surface area is 84.5 Å². The van der Waals surface area contributed by atoms with Gasteiger partial charge in [0.1, 0.15) is 0 Å². The lowest BCUT2D eigenvalue weighted by Crippen LogP contribution is -2.19. The van der Waals surface area contributed by atoms with Crippen molar-refractivity contribution in [3.8, 4) is 0 Å². The topological polar surface area (TPSA) is 49.7 Å². The zero-order chi connectivity index (χ0) is 10.1. The van der Waals surface area contributed by atoms with Gasteiger partial charge in [0.05, 0.1) is 12.7 Å². The van der Waals surface area contributed by atoms with Crippen LogP contribution in [-0.4, -0.2) is 47.6 Å². The molecule has 80 valence electrons. The Morgan fingerprint density at radius 3 is 2.62 bits per heavy atom. The minimum atomic E-state index is -0.379. The first kappa shape index (κ1) is 13.2. The molecule has 0 aliphatic carbocycles. The van der Waals surface area contributed by atoms with Crippen LogP contribution in [0, 0.1) is 5.92 Å². The lowest BCUT2D eigenvalue weighted by molar-refractivity contribution is 0.0551. The molecule has 0 bridgehead atoms. The average molecular weight is 208 g/mol. The van der Waals surface area contributed by atoms with E-state index in [0.717, 1.165) is 5.75 Å². The zero-order valence-corrected chi connectivity index (χ0v) is 9.22. The number of thioether (sulfide) groups is 1. The van der Waals surface area contributed by atoms with E-state index in [1.807, 2.05) is 13.8 Å². The quantitative estimate of drug-likeness (QED) is 0.618. The molecule has 0 saturated carbocycles. The molecule has 2 N–H and O–H groups in total. The Morgan fingerprint density at radius 1 is 1.38 bits per heavy atom. The van der Waals surface area contributed by atoms with Crippen LogP contribution in [0.25, 0.3) is 0 Å². The highest BCUT2D eigenvalue weighted by Crippen LogP contribution is 2.09. The van der Waals surface area contributed by atoms with Gasteiger partial charge in [0.2, 0.25) is 0 Å². The molecule has 0 saturated heterocycles. The molecule has 0 aliphatic heterocycles. The Morgan fingerprint density at radius 2 is 2.08 bits per heavy atom. The van der Waals surface area contributed by atoms with Gasteiger partial charge in [0.25, 0.3) is 0 Å². The normalized spacial score (nSPS) is 15.7. The van der Waals surface area contributed by atoms with Crippen molar-refractivity contribution in [2.75, 3.05) is 31.3 Å². The summed E-state index contributed by atoms with van der Waals surface area (Å²) < 4.78 is 5.07. The maximum Gasteiger partial charge on any atom is 0.0863 e. The van der Waals surface area contributed by atoms with Crippen LogP contribution in [0.1, 0.15) is 13.8 Å². The molecular formula is C9H20O3S. The number of aliphatic hydroxyl groups excluding tert-OH is 2. The third-order valence-electron chi connectivity index (χ3n) is 1.54. The number of ether oxygens (including phenoxy) is 1. The molecule has 0 aliphatic rings. The number of aliphatic hydroxyl groups is 2. The number of rotatable bonds is 8. The summed E-state index contributed by atoms with van der Waals surface area (Å²) >= 11 is 1.65. The van der Waals surface area contributed by atoms with Crippen molar-refractivity contribution in [3.63, 3.8) is 0 Å². The van der Waals surface area contributed by atoms with Crippen molar-refractivity contribution in [3.05, 3.63) is 0 Å². The minimum Gasteiger partial charge on any atom is -0.396 e. The van der Waals surface area contributed by atoms with Gasteiger partial charge in [-0.05, 0) is 18.6 Å². The lowest BCUT2D eigenvalue weighted by atomic mass is 10.2. The second-order valence-corrected chi connectivity index (χ2v) is 4.21. The van der Waals surface area contributed by atoms with Gasteiger partial charge in [-0.15, -0.1) is 0 Å². The van der Waals surface area contributed by atoms with Crippen molar-refractivity contribution < 1.29 is 14.9 Å². The van der Waals surface area contributed by atoms with Gasteiger partial charge in [-0.3, -0.25) is 0 Å². The fourth-order valence-corrected chi connectivity index (χ4v) is 1.77. The van der Waals surface area contributed by atoms with Crippen molar-refractivity contribution >= 4 is 11.8 Å². The van der Waals surface area contributed by atoms with Gasteiger partial charge in [-0.1, -0.05) is 6.92 Å². The van der Waals surface area contributed by atoms with Crippen molar-refractivity contribution in [2.45, 2.75) is 20.0 Å². The van der Waals surface area contributed by atoms with E-state index in [-0.39, 0.29) is 12.7 Å². The molecule has 0 spiro atoms. The third-order valence-corrected chi connectivity index (χ3v) is 2.96. The van der Waals surface area contributed by atoms with Gasteiger partial charge in [-0.2, -0.15) is 11.8 Å². The van der Waals surface area contributed by atoms with E-state index in [1.54, 1.807) is 11.8 Å². The second kappa shape index (κ2) is 8.81. The van der Waals surface area contributed by atoms with E-state index in [2.05, 4.69) is 0 Å². The van der Waals surface area contributed by atoms with E-state index >= 15 is 0 Å². The highest BCUT2D eigenvalue weighted by atomic mass is 32.2. The first-order valence-corrected chi connectivity index (χ1v) is 5.80. The molecule has 0 aromatic carbocycles. The zero-order valence-electron chi connectivity index (χ0n) is 8.40. The average Bonchev–Trinajstić information content (AvgIpc) is 2.14. The Kier molecular flexibility index (Phi) is 8.97. The van der Waals surface area contributed by atoms with Crippen molar-refractivity contribution in [2.24, 2.45) is 5.92 Å². The molecule has 0 aromatic heterocycles. The van der Waals surface area contributed by atoms with Crippen LogP contribution in [0.3, 0.4) is 0 Å². The van der Waals surface area contributed by atoms with Gasteiger partial charge in [0.15, 0.2) is 0 Å². The maximum absolute atomic E-state index is 9.36. The summed E-state index contributed by atoms with van der Waals surface area (Å²) in [5, 5.41) is 18.1. The minimum absolute atomic E-state index is 0.217. The Bertz CT molecular complexity index is 111. The lowest BCUT2D eigenvalue weighted by Gasteiger charge is -2.11. The molecule has 13 heavy (non-hydrogen) atoms. The molecule has 2 atom stereocenters. The fourth-order valence-electron chi connectivity index (χ4n) is 0.760. The summed E-state index contributed by atoms with van der Waals surface area (Å²) in [4.78, 5) is 0. The number of hydrogen-bond acceptors (Lipinski definition) is 4. The second-order valence-electron chi connectivity index (χ2n) is 3.14. The summed E-state index contributed by atoms with van der Waals surface area (Å²) in [6.07, 6.45) is -0.379. The molecule has 2 unspecified atom stereocenters. The van der Waals surface area contributed by atoms with Gasteiger partial charge in [0, 0.05) is 19.0 Å². The standard InChI is InChI=1S/C9H20O3S/c1-3-12-5-9(11)7-13-6-8(2)4-10/h8-11H,3-7H2,1-2H3. The summed E-state index contributed by atoms with van der Waals surface area (Å²) in [6.45, 7) is 5.18. The molecule has 0 amide bonds. The van der Waals surface area contributed by atoms with E-state index in [4.69, 9.17) is 9.84 Å². The van der Waals surface area contributed by atoms with Crippen LogP contribution in [0.4, 0.5) is 0 Å². The largest absolute Gasteiger partial charge is 0.396 e. The van der Waals surface area contributed by atoms with Gasteiger partial charge >= 0.3 is 0 Å². The first-order valence-electron chi connectivity index (χ1n) is 4.65. The van der Waals surface area contributed by atoms with E-state index in [9.17, 15) is 5.11 Å². The van der Waals surface area contributed by atoms with Crippen molar-refractivity contribution in [1.82, 2.24) is 0 Å². The van der Waals surface area contributed by atoms with Crippen molar-refractivity contribution in [1.29, 1.82) is 0 Å². The van der Waals surface area contributed by atoms with Crippen LogP contribution in [-0.2, 0) is 4.74 Å². The SMILES string of the molecule is CCOCC(O)CSCC(C)CO. The fraction of sp³-hybridized carbons (Fsp3) is 1.00. The predicted molar refractivity (Wildman–Crippen MR) is 56.1 cm³/mol. The Hall–Kier alpha value is 0.230. The van der Waals surface area contributed by atoms with Crippen LogP contribution in [0.15, 0.2) is 0 Å². The summed E-state index contributed by atoms with van der Waals surface area (Å²) in [5.74, 6) is 1.88. The molecule has 4 heteroatoms. The highest BCUT2D eigenvalue weighted by molar-refractivity contribution is 7.99. The highest BCUT2D eigenvalue weighted by Gasteiger charge is 2.05. The van der Waals surface area contributed by atoms with Crippen LogP contribution < -0.4 is 0 Å². The molecule has 0 fully saturated rings. The molecule has 0 aromatic rings. The monoisotopic (exact) mass is 208 g/mol. The summed E-state index contributed by atoms with van der Waals surface area (Å²) in [5.41, 5.74) is 0. The smallest absolute Gasteiger partial charge is 0.0863 e. The molecule has 3 nitrogen and oxygen atoms in total. The van der Waals surface area contributed by atoms with Gasteiger partial charge < -0.3 is 14.9 Å². The molecule has 0 radical (unpaired) electrons. The molecule has 0 rings (SSSR count). The number of hydrogen-bond donors (Lipinski definition) is 2. The van der Waals surface area contributed by atoms with Crippen LogP contribution in [0.2, 0.25) is 0 Å².